The molecule has 0 saturated carbocycles. The third-order valence-electron chi connectivity index (χ3n) is 5.12. The first-order valence-electron chi connectivity index (χ1n) is 8.62. The Morgan fingerprint density at radius 1 is 1.27 bits per heavy atom. The van der Waals surface area contributed by atoms with E-state index in [0.717, 1.165) is 38.9 Å². The van der Waals surface area contributed by atoms with Gasteiger partial charge >= 0.3 is 7.12 Å². The normalized spacial score (nSPS) is 27.0. The molecule has 0 aromatic carbocycles. The fourth-order valence-electron chi connectivity index (χ4n) is 3.10. The zero-order chi connectivity index (χ0) is 16.4. The predicted molar refractivity (Wildman–Crippen MR) is 88.5 cm³/mol. The molecule has 0 aliphatic carbocycles. The Morgan fingerprint density at radius 3 is 2.41 bits per heavy atom. The first kappa shape index (κ1) is 17.8. The molecule has 1 unspecified atom stereocenters. The molecule has 2 aliphatic rings. The van der Waals surface area contributed by atoms with Crippen molar-refractivity contribution >= 4 is 13.0 Å². The molecule has 22 heavy (non-hydrogen) atoms. The number of amides is 1. The van der Waals surface area contributed by atoms with Crippen LogP contribution in [0.1, 0.15) is 53.9 Å². The van der Waals surface area contributed by atoms with Crippen LogP contribution in [0.25, 0.3) is 0 Å². The summed E-state index contributed by atoms with van der Waals surface area (Å²) in [7, 11) is -0.336. The van der Waals surface area contributed by atoms with Crippen LogP contribution in [0.5, 0.6) is 0 Å². The van der Waals surface area contributed by atoms with E-state index in [9.17, 15) is 4.79 Å². The minimum Gasteiger partial charge on any atom is -0.402 e. The van der Waals surface area contributed by atoms with Gasteiger partial charge in [-0.3, -0.25) is 4.79 Å². The molecular formula is C16H31BN2O3. The largest absolute Gasteiger partial charge is 0.478 e. The molecule has 0 bridgehead atoms. The highest BCUT2D eigenvalue weighted by atomic mass is 16.7. The van der Waals surface area contributed by atoms with E-state index in [0.29, 0.717) is 6.44 Å². The van der Waals surface area contributed by atoms with E-state index in [1.54, 1.807) is 0 Å². The van der Waals surface area contributed by atoms with Gasteiger partial charge in [-0.15, -0.1) is 0 Å². The van der Waals surface area contributed by atoms with Crippen molar-refractivity contribution in [2.75, 3.05) is 26.1 Å². The SMILES string of the molecule is CCCN(CB1OC(C)(C)C(C)(C)O1)C(=O)C1CCCNC1. The molecular weight excluding hydrogens is 279 g/mol. The molecule has 1 amide bonds. The van der Waals surface area contributed by atoms with Crippen LogP contribution in [0.3, 0.4) is 0 Å². The maximum Gasteiger partial charge on any atom is 0.478 e. The number of carbonyl (C=O) groups excluding carboxylic acids is 1. The maximum absolute atomic E-state index is 12.8. The first-order valence-corrected chi connectivity index (χ1v) is 8.62. The number of nitrogens with zero attached hydrogens (tertiary/aromatic N) is 1. The average Bonchev–Trinajstić information content (AvgIpc) is 2.66. The van der Waals surface area contributed by atoms with Crippen molar-refractivity contribution in [3.63, 3.8) is 0 Å². The lowest BCUT2D eigenvalue weighted by Gasteiger charge is -2.32. The van der Waals surface area contributed by atoms with E-state index in [1.165, 1.54) is 0 Å². The molecule has 2 aliphatic heterocycles. The standard InChI is InChI=1S/C16H31BN2O3/c1-6-10-19(14(20)13-8-7-9-18-11-13)12-17-21-15(2,3)16(4,5)22-17/h13,18H,6-12H2,1-5H3. The van der Waals surface area contributed by atoms with Gasteiger partial charge in [0.2, 0.25) is 5.91 Å². The summed E-state index contributed by atoms with van der Waals surface area (Å²) in [5, 5.41) is 3.32. The second-order valence-electron chi connectivity index (χ2n) is 7.51. The molecule has 1 N–H and O–H groups in total. The van der Waals surface area contributed by atoms with Crippen molar-refractivity contribution in [1.82, 2.24) is 10.2 Å². The molecule has 2 saturated heterocycles. The summed E-state index contributed by atoms with van der Waals surface area (Å²) in [4.78, 5) is 14.7. The topological polar surface area (TPSA) is 50.8 Å². The monoisotopic (exact) mass is 310 g/mol. The van der Waals surface area contributed by atoms with Crippen LogP contribution in [0.2, 0.25) is 0 Å². The van der Waals surface area contributed by atoms with Gasteiger partial charge in [-0.1, -0.05) is 6.92 Å². The van der Waals surface area contributed by atoms with Gasteiger partial charge in [-0.05, 0) is 53.5 Å². The smallest absolute Gasteiger partial charge is 0.402 e. The molecule has 0 radical (unpaired) electrons. The molecule has 5 nitrogen and oxygen atoms in total. The van der Waals surface area contributed by atoms with Crippen LogP contribution >= 0.6 is 0 Å². The molecule has 126 valence electrons. The highest BCUT2D eigenvalue weighted by Crippen LogP contribution is 2.36. The van der Waals surface area contributed by atoms with E-state index in [2.05, 4.69) is 12.2 Å². The Hall–Kier alpha value is -0.585. The van der Waals surface area contributed by atoms with E-state index in [-0.39, 0.29) is 30.1 Å². The van der Waals surface area contributed by atoms with Gasteiger partial charge in [0.15, 0.2) is 0 Å². The summed E-state index contributed by atoms with van der Waals surface area (Å²) < 4.78 is 12.1. The molecule has 6 heteroatoms. The van der Waals surface area contributed by atoms with Gasteiger partial charge in [0.1, 0.15) is 0 Å². The number of rotatable bonds is 5. The van der Waals surface area contributed by atoms with Gasteiger partial charge in [0.25, 0.3) is 0 Å². The minimum absolute atomic E-state index is 0.0997. The first-order chi connectivity index (χ1) is 10.3. The van der Waals surface area contributed by atoms with Gasteiger partial charge < -0.3 is 19.5 Å². The van der Waals surface area contributed by atoms with Gasteiger partial charge in [-0.2, -0.15) is 0 Å². The van der Waals surface area contributed by atoms with Crippen molar-refractivity contribution in [2.24, 2.45) is 5.92 Å². The summed E-state index contributed by atoms with van der Waals surface area (Å²) in [5.41, 5.74) is -0.685. The summed E-state index contributed by atoms with van der Waals surface area (Å²) in [6.45, 7) is 12.9. The second-order valence-corrected chi connectivity index (χ2v) is 7.51. The molecule has 1 atom stereocenters. The number of hydrogen-bond donors (Lipinski definition) is 1. The fraction of sp³-hybridized carbons (Fsp3) is 0.938. The summed E-state index contributed by atoms with van der Waals surface area (Å²) in [6.07, 6.45) is 3.53. The quantitative estimate of drug-likeness (QED) is 0.788. The molecule has 0 aromatic rings. The second kappa shape index (κ2) is 6.89. The zero-order valence-corrected chi connectivity index (χ0v) is 14.8. The number of hydrogen-bond acceptors (Lipinski definition) is 4. The lowest BCUT2D eigenvalue weighted by atomic mass is 9.88. The Labute approximate surface area is 135 Å². The Bertz CT molecular complexity index is 379. The van der Waals surface area contributed by atoms with Gasteiger partial charge in [-0.25, -0.2) is 0 Å². The predicted octanol–water partition coefficient (Wildman–Crippen LogP) is 1.86. The van der Waals surface area contributed by atoms with E-state index in [4.69, 9.17) is 9.31 Å². The van der Waals surface area contributed by atoms with E-state index in [1.807, 2.05) is 32.6 Å². The fourth-order valence-corrected chi connectivity index (χ4v) is 3.10. The zero-order valence-electron chi connectivity index (χ0n) is 14.8. The molecule has 0 spiro atoms. The third kappa shape index (κ3) is 3.84. The van der Waals surface area contributed by atoms with Gasteiger partial charge in [0.05, 0.1) is 23.6 Å². The van der Waals surface area contributed by atoms with E-state index < -0.39 is 0 Å². The lowest BCUT2D eigenvalue weighted by Crippen LogP contribution is -2.47. The van der Waals surface area contributed by atoms with E-state index >= 15 is 0 Å². The van der Waals surface area contributed by atoms with Crippen molar-refractivity contribution in [3.8, 4) is 0 Å². The molecule has 2 rings (SSSR count). The Kier molecular flexibility index (Phi) is 5.56. The summed E-state index contributed by atoms with van der Waals surface area (Å²) in [6, 6.07) is 0. The molecule has 2 fully saturated rings. The van der Waals surface area contributed by atoms with Crippen LogP contribution in [0, 0.1) is 5.92 Å². The maximum atomic E-state index is 12.8. The molecule has 0 aromatic heterocycles. The summed E-state index contributed by atoms with van der Waals surface area (Å²) >= 11 is 0. The average molecular weight is 310 g/mol. The van der Waals surface area contributed by atoms with Crippen LogP contribution < -0.4 is 5.32 Å². The van der Waals surface area contributed by atoms with Crippen molar-refractivity contribution in [2.45, 2.75) is 65.1 Å². The highest BCUT2D eigenvalue weighted by Gasteiger charge is 2.51. The van der Waals surface area contributed by atoms with Crippen LogP contribution in [0.4, 0.5) is 0 Å². The number of piperidine rings is 1. The minimum atomic E-state index is -0.342. The Morgan fingerprint density at radius 2 is 1.91 bits per heavy atom. The van der Waals surface area contributed by atoms with Crippen LogP contribution in [0.15, 0.2) is 0 Å². The van der Waals surface area contributed by atoms with Crippen molar-refractivity contribution < 1.29 is 14.1 Å². The van der Waals surface area contributed by atoms with Crippen LogP contribution in [-0.2, 0) is 14.1 Å². The van der Waals surface area contributed by atoms with Gasteiger partial charge in [0, 0.05) is 13.1 Å². The number of carbonyl (C=O) groups is 1. The highest BCUT2D eigenvalue weighted by molar-refractivity contribution is 6.46. The Balaban J connectivity index is 1.98. The third-order valence-corrected chi connectivity index (χ3v) is 5.12. The van der Waals surface area contributed by atoms with Crippen LogP contribution in [-0.4, -0.2) is 55.2 Å². The van der Waals surface area contributed by atoms with Crippen molar-refractivity contribution in [3.05, 3.63) is 0 Å². The summed E-state index contributed by atoms with van der Waals surface area (Å²) in [5.74, 6) is 0.339. The lowest BCUT2D eigenvalue weighted by molar-refractivity contribution is -0.135. The molecule has 2 heterocycles. The number of nitrogens with one attached hydrogen (secondary N) is 1. The van der Waals surface area contributed by atoms with Crippen molar-refractivity contribution in [1.29, 1.82) is 0 Å².